The lowest BCUT2D eigenvalue weighted by Gasteiger charge is -2.08. The maximum absolute atomic E-state index is 11.1. The Bertz CT molecular complexity index is 417. The number of aromatic carboxylic acids is 1. The van der Waals surface area contributed by atoms with Gasteiger partial charge in [-0.05, 0) is 25.1 Å². The van der Waals surface area contributed by atoms with Gasteiger partial charge in [0.05, 0.1) is 23.5 Å². The van der Waals surface area contributed by atoms with Crippen molar-refractivity contribution >= 4 is 23.4 Å². The second kappa shape index (κ2) is 5.01. The zero-order chi connectivity index (χ0) is 12.1. The minimum Gasteiger partial charge on any atom is -0.478 e. The zero-order valence-electron chi connectivity index (χ0n) is 8.69. The Kier molecular flexibility index (Phi) is 3.71. The van der Waals surface area contributed by atoms with Crippen molar-refractivity contribution in [3.05, 3.63) is 23.8 Å². The third-order valence-electron chi connectivity index (χ3n) is 1.81. The topological polar surface area (TPSA) is 102 Å². The molecular formula is C10H12N2O4. The molecule has 6 heteroatoms. The van der Waals surface area contributed by atoms with Crippen LogP contribution in [-0.2, 0) is 4.74 Å². The van der Waals surface area contributed by atoms with Crippen molar-refractivity contribution in [3.8, 4) is 0 Å². The molecule has 1 aromatic carbocycles. The molecule has 0 bridgehead atoms. The molecule has 86 valence electrons. The van der Waals surface area contributed by atoms with Crippen molar-refractivity contribution < 1.29 is 19.4 Å². The quantitative estimate of drug-likeness (QED) is 0.676. The van der Waals surface area contributed by atoms with E-state index < -0.39 is 12.1 Å². The van der Waals surface area contributed by atoms with Crippen LogP contribution in [0.25, 0.3) is 0 Å². The number of amides is 1. The van der Waals surface area contributed by atoms with Crippen LogP contribution in [0.5, 0.6) is 0 Å². The highest BCUT2D eigenvalue weighted by Crippen LogP contribution is 2.20. The Balaban J connectivity index is 2.90. The van der Waals surface area contributed by atoms with Gasteiger partial charge in [-0.25, -0.2) is 9.59 Å². The summed E-state index contributed by atoms with van der Waals surface area (Å²) in [5, 5.41) is 11.1. The number of carbonyl (C=O) groups is 2. The van der Waals surface area contributed by atoms with Crippen molar-refractivity contribution in [3.63, 3.8) is 0 Å². The highest BCUT2D eigenvalue weighted by atomic mass is 16.5. The number of carboxylic acids is 1. The summed E-state index contributed by atoms with van der Waals surface area (Å²) in [6.07, 6.45) is -0.670. The predicted molar refractivity (Wildman–Crippen MR) is 58.5 cm³/mol. The Morgan fingerprint density at radius 3 is 2.75 bits per heavy atom. The lowest BCUT2D eigenvalue weighted by molar-refractivity contribution is 0.0697. The molecule has 16 heavy (non-hydrogen) atoms. The van der Waals surface area contributed by atoms with Crippen LogP contribution in [0, 0.1) is 0 Å². The van der Waals surface area contributed by atoms with Crippen molar-refractivity contribution in [2.45, 2.75) is 6.92 Å². The molecule has 0 fully saturated rings. The van der Waals surface area contributed by atoms with Crippen molar-refractivity contribution in [1.29, 1.82) is 0 Å². The molecule has 0 spiro atoms. The van der Waals surface area contributed by atoms with Crippen LogP contribution in [0.2, 0.25) is 0 Å². The number of rotatable bonds is 3. The van der Waals surface area contributed by atoms with Crippen molar-refractivity contribution in [2.75, 3.05) is 17.7 Å². The van der Waals surface area contributed by atoms with Crippen LogP contribution >= 0.6 is 0 Å². The fraction of sp³-hybridized carbons (Fsp3) is 0.200. The Labute approximate surface area is 92.0 Å². The number of carbonyl (C=O) groups excluding carboxylic acids is 1. The van der Waals surface area contributed by atoms with Gasteiger partial charge >= 0.3 is 12.1 Å². The SMILES string of the molecule is CCOC(=O)Nc1cc(C(=O)O)ccc1N. The van der Waals surface area contributed by atoms with E-state index in [9.17, 15) is 9.59 Å². The van der Waals surface area contributed by atoms with E-state index in [4.69, 9.17) is 10.8 Å². The van der Waals surface area contributed by atoms with E-state index in [2.05, 4.69) is 10.1 Å². The molecule has 1 amide bonds. The van der Waals surface area contributed by atoms with Crippen LogP contribution in [0.15, 0.2) is 18.2 Å². The van der Waals surface area contributed by atoms with Crippen LogP contribution in [0.4, 0.5) is 16.2 Å². The summed E-state index contributed by atoms with van der Waals surface area (Å²) in [7, 11) is 0. The highest BCUT2D eigenvalue weighted by molar-refractivity contribution is 5.94. The fourth-order valence-corrected chi connectivity index (χ4v) is 1.07. The van der Waals surface area contributed by atoms with Crippen LogP contribution in [-0.4, -0.2) is 23.8 Å². The molecular weight excluding hydrogens is 212 g/mol. The third-order valence-corrected chi connectivity index (χ3v) is 1.81. The van der Waals surface area contributed by atoms with Crippen LogP contribution in [0.3, 0.4) is 0 Å². The summed E-state index contributed by atoms with van der Waals surface area (Å²) in [4.78, 5) is 21.8. The van der Waals surface area contributed by atoms with Gasteiger partial charge in [0.2, 0.25) is 0 Å². The monoisotopic (exact) mass is 224 g/mol. The van der Waals surface area contributed by atoms with Gasteiger partial charge in [0.25, 0.3) is 0 Å². The molecule has 4 N–H and O–H groups in total. The maximum atomic E-state index is 11.1. The highest BCUT2D eigenvalue weighted by Gasteiger charge is 2.09. The van der Waals surface area contributed by atoms with Gasteiger partial charge in [-0.3, -0.25) is 5.32 Å². The number of hydrogen-bond acceptors (Lipinski definition) is 4. The molecule has 0 aliphatic rings. The lowest BCUT2D eigenvalue weighted by atomic mass is 10.2. The average molecular weight is 224 g/mol. The number of nitrogens with one attached hydrogen (secondary N) is 1. The smallest absolute Gasteiger partial charge is 0.411 e. The predicted octanol–water partition coefficient (Wildman–Crippen LogP) is 1.54. The van der Waals surface area contributed by atoms with E-state index in [1.165, 1.54) is 18.2 Å². The molecule has 0 unspecified atom stereocenters. The van der Waals surface area contributed by atoms with Gasteiger partial charge < -0.3 is 15.6 Å². The Morgan fingerprint density at radius 2 is 2.19 bits per heavy atom. The fourth-order valence-electron chi connectivity index (χ4n) is 1.07. The van der Waals surface area contributed by atoms with E-state index >= 15 is 0 Å². The molecule has 0 heterocycles. The number of nitrogen functional groups attached to an aromatic ring is 1. The van der Waals surface area contributed by atoms with Gasteiger partial charge in [0.15, 0.2) is 0 Å². The van der Waals surface area contributed by atoms with Gasteiger partial charge in [0.1, 0.15) is 0 Å². The number of ether oxygens (including phenoxy) is 1. The maximum Gasteiger partial charge on any atom is 0.411 e. The molecule has 0 saturated carbocycles. The zero-order valence-corrected chi connectivity index (χ0v) is 8.69. The number of anilines is 2. The first kappa shape index (κ1) is 11.8. The first-order chi connectivity index (χ1) is 7.54. The number of hydrogen-bond donors (Lipinski definition) is 3. The number of carboxylic acid groups (broad SMARTS) is 1. The van der Waals surface area contributed by atoms with Gasteiger partial charge in [-0.15, -0.1) is 0 Å². The second-order valence-corrected chi connectivity index (χ2v) is 2.95. The molecule has 0 radical (unpaired) electrons. The van der Waals surface area contributed by atoms with Crippen LogP contribution in [0.1, 0.15) is 17.3 Å². The van der Waals surface area contributed by atoms with E-state index in [0.717, 1.165) is 0 Å². The summed E-state index contributed by atoms with van der Waals surface area (Å²) in [5.74, 6) is -1.09. The number of nitrogens with two attached hydrogens (primary N) is 1. The van der Waals surface area contributed by atoms with Gasteiger partial charge in [-0.2, -0.15) is 0 Å². The van der Waals surface area contributed by atoms with E-state index in [0.29, 0.717) is 0 Å². The summed E-state index contributed by atoms with van der Waals surface area (Å²) < 4.78 is 4.65. The lowest BCUT2D eigenvalue weighted by Crippen LogP contribution is -2.15. The minimum absolute atomic E-state index is 0.0426. The first-order valence-electron chi connectivity index (χ1n) is 4.61. The van der Waals surface area contributed by atoms with E-state index in [1.54, 1.807) is 6.92 Å². The molecule has 1 aromatic rings. The number of benzene rings is 1. The summed E-state index contributed by atoms with van der Waals surface area (Å²) in [5.41, 5.74) is 6.11. The largest absolute Gasteiger partial charge is 0.478 e. The minimum atomic E-state index is -1.09. The molecule has 0 atom stereocenters. The Morgan fingerprint density at radius 1 is 1.50 bits per heavy atom. The van der Waals surface area contributed by atoms with E-state index in [-0.39, 0.29) is 23.5 Å². The molecule has 6 nitrogen and oxygen atoms in total. The average Bonchev–Trinajstić information content (AvgIpc) is 2.21. The van der Waals surface area contributed by atoms with Crippen molar-refractivity contribution in [1.82, 2.24) is 0 Å². The van der Waals surface area contributed by atoms with Gasteiger partial charge in [0, 0.05) is 0 Å². The van der Waals surface area contributed by atoms with Gasteiger partial charge in [-0.1, -0.05) is 0 Å². The van der Waals surface area contributed by atoms with Crippen molar-refractivity contribution in [2.24, 2.45) is 0 Å². The molecule has 0 aromatic heterocycles. The molecule has 0 aliphatic heterocycles. The normalized spacial score (nSPS) is 9.56. The molecule has 0 aliphatic carbocycles. The molecule has 1 rings (SSSR count). The summed E-state index contributed by atoms with van der Waals surface area (Å²) >= 11 is 0. The summed E-state index contributed by atoms with van der Waals surface area (Å²) in [6, 6.07) is 4.04. The summed E-state index contributed by atoms with van der Waals surface area (Å²) in [6.45, 7) is 1.89. The third kappa shape index (κ3) is 2.88. The first-order valence-corrected chi connectivity index (χ1v) is 4.61. The van der Waals surface area contributed by atoms with Crippen LogP contribution < -0.4 is 11.1 Å². The van der Waals surface area contributed by atoms with E-state index in [1.807, 2.05) is 0 Å². The second-order valence-electron chi connectivity index (χ2n) is 2.95. The molecule has 0 saturated heterocycles. The standard InChI is InChI=1S/C10H12N2O4/c1-2-16-10(15)12-8-5-6(9(13)14)3-4-7(8)11/h3-5H,2,11H2,1H3,(H,12,15)(H,13,14). The Hall–Kier alpha value is -2.24.